The third kappa shape index (κ3) is 5.49. The maximum absolute atomic E-state index is 13.0. The van der Waals surface area contributed by atoms with E-state index in [9.17, 15) is 13.2 Å². The van der Waals surface area contributed by atoms with Crippen molar-refractivity contribution in [3.63, 3.8) is 0 Å². The molecule has 1 amide bonds. The van der Waals surface area contributed by atoms with Crippen molar-refractivity contribution >= 4 is 44.4 Å². The van der Waals surface area contributed by atoms with Gasteiger partial charge in [0.05, 0.1) is 42.0 Å². The van der Waals surface area contributed by atoms with Crippen molar-refractivity contribution in [3.05, 3.63) is 72.8 Å². The molecule has 5 rings (SSSR count). The topological polar surface area (TPSA) is 103 Å². The van der Waals surface area contributed by atoms with Gasteiger partial charge in [-0.2, -0.15) is 4.31 Å². The number of morpholine rings is 1. The standard InChI is InChI=1S/C26H26N4O5S2/c1-34-21-11-9-20(10-12-21)30-24-8-3-2-7-23(24)28-26(30)36-18-25(31)27-19-5-4-6-22(17-19)37(32,33)29-13-15-35-16-14-29/h2-12,17H,13-16,18H2,1H3,(H,27,31). The number of amides is 1. The molecule has 0 aliphatic carbocycles. The number of hydrogen-bond acceptors (Lipinski definition) is 7. The number of thioether (sulfide) groups is 1. The fraction of sp³-hybridized carbons (Fsp3) is 0.231. The summed E-state index contributed by atoms with van der Waals surface area (Å²) in [6.45, 7) is 1.36. The number of fused-ring (bicyclic) bond motifs is 1. The number of rotatable bonds is 8. The van der Waals surface area contributed by atoms with Gasteiger partial charge in [-0.15, -0.1) is 0 Å². The van der Waals surface area contributed by atoms with E-state index in [1.807, 2.05) is 53.1 Å². The van der Waals surface area contributed by atoms with E-state index in [0.29, 0.717) is 37.1 Å². The van der Waals surface area contributed by atoms with E-state index in [1.54, 1.807) is 19.2 Å². The first-order chi connectivity index (χ1) is 18.0. The molecule has 2 heterocycles. The molecule has 11 heteroatoms. The number of imidazole rings is 1. The number of carbonyl (C=O) groups is 1. The summed E-state index contributed by atoms with van der Waals surface area (Å²) in [5.41, 5.74) is 3.07. The largest absolute Gasteiger partial charge is 0.497 e. The van der Waals surface area contributed by atoms with Crippen LogP contribution in [0.15, 0.2) is 82.8 Å². The molecule has 0 atom stereocenters. The lowest BCUT2D eigenvalue weighted by atomic mass is 10.2. The van der Waals surface area contributed by atoms with Crippen molar-refractivity contribution in [2.24, 2.45) is 0 Å². The second kappa shape index (κ2) is 10.9. The molecule has 1 fully saturated rings. The first kappa shape index (κ1) is 25.3. The zero-order valence-electron chi connectivity index (χ0n) is 20.2. The van der Waals surface area contributed by atoms with Crippen LogP contribution in [0.4, 0.5) is 5.69 Å². The average Bonchev–Trinajstić information content (AvgIpc) is 3.31. The van der Waals surface area contributed by atoms with E-state index in [-0.39, 0.29) is 16.6 Å². The van der Waals surface area contributed by atoms with Gasteiger partial charge in [-0.3, -0.25) is 9.36 Å². The van der Waals surface area contributed by atoms with Crippen molar-refractivity contribution in [2.75, 3.05) is 44.5 Å². The molecule has 9 nitrogen and oxygen atoms in total. The molecule has 0 radical (unpaired) electrons. The lowest BCUT2D eigenvalue weighted by Gasteiger charge is -2.26. The predicted molar refractivity (Wildman–Crippen MR) is 143 cm³/mol. The molecule has 1 N–H and O–H groups in total. The summed E-state index contributed by atoms with van der Waals surface area (Å²) in [5, 5.41) is 3.49. The molecule has 1 aromatic heterocycles. The molecule has 1 aliphatic rings. The van der Waals surface area contributed by atoms with E-state index in [2.05, 4.69) is 5.32 Å². The van der Waals surface area contributed by atoms with Crippen LogP contribution in [0.1, 0.15) is 0 Å². The van der Waals surface area contributed by atoms with E-state index in [0.717, 1.165) is 22.5 Å². The zero-order chi connectivity index (χ0) is 25.8. The highest BCUT2D eigenvalue weighted by atomic mass is 32.2. The van der Waals surface area contributed by atoms with Crippen LogP contribution < -0.4 is 10.1 Å². The average molecular weight is 539 g/mol. The highest BCUT2D eigenvalue weighted by Crippen LogP contribution is 2.29. The maximum atomic E-state index is 13.0. The number of nitrogens with one attached hydrogen (secondary N) is 1. The van der Waals surface area contributed by atoms with Gasteiger partial charge in [0, 0.05) is 24.5 Å². The number of carbonyl (C=O) groups excluding carboxylic acids is 1. The number of para-hydroxylation sites is 2. The Balaban J connectivity index is 1.32. The highest BCUT2D eigenvalue weighted by Gasteiger charge is 2.26. The van der Waals surface area contributed by atoms with Gasteiger partial charge in [-0.25, -0.2) is 13.4 Å². The fourth-order valence-electron chi connectivity index (χ4n) is 4.08. The highest BCUT2D eigenvalue weighted by molar-refractivity contribution is 7.99. The lowest BCUT2D eigenvalue weighted by molar-refractivity contribution is -0.113. The SMILES string of the molecule is COc1ccc(-n2c(SCC(=O)Nc3cccc(S(=O)(=O)N4CCOCC4)c3)nc3ccccc32)cc1. The molecule has 1 saturated heterocycles. The van der Waals surface area contributed by atoms with Crippen molar-refractivity contribution in [3.8, 4) is 11.4 Å². The first-order valence-corrected chi connectivity index (χ1v) is 14.1. The number of hydrogen-bond donors (Lipinski definition) is 1. The number of benzene rings is 3. The second-order valence-corrected chi connectivity index (χ2v) is 11.2. The molecule has 192 valence electrons. The van der Waals surface area contributed by atoms with Crippen LogP contribution in [0.5, 0.6) is 5.75 Å². The second-order valence-electron chi connectivity index (χ2n) is 8.30. The predicted octanol–water partition coefficient (Wildman–Crippen LogP) is 3.79. The van der Waals surface area contributed by atoms with Crippen LogP contribution in [0.3, 0.4) is 0 Å². The number of sulfonamides is 1. The van der Waals surface area contributed by atoms with Gasteiger partial charge in [0.15, 0.2) is 5.16 Å². The van der Waals surface area contributed by atoms with Gasteiger partial charge >= 0.3 is 0 Å². The van der Waals surface area contributed by atoms with Crippen LogP contribution in [0.2, 0.25) is 0 Å². The van der Waals surface area contributed by atoms with Crippen LogP contribution in [0.25, 0.3) is 16.7 Å². The van der Waals surface area contributed by atoms with Crippen molar-refractivity contribution in [2.45, 2.75) is 10.1 Å². The normalized spacial score (nSPS) is 14.5. The van der Waals surface area contributed by atoms with Gasteiger partial charge in [0.1, 0.15) is 5.75 Å². The molecule has 37 heavy (non-hydrogen) atoms. The number of ether oxygens (including phenoxy) is 2. The summed E-state index contributed by atoms with van der Waals surface area (Å²) in [6, 6.07) is 21.7. The molecular formula is C26H26N4O5S2. The van der Waals surface area contributed by atoms with Crippen LogP contribution in [0, 0.1) is 0 Å². The quantitative estimate of drug-likeness (QED) is 0.341. The van der Waals surface area contributed by atoms with E-state index in [4.69, 9.17) is 14.5 Å². The van der Waals surface area contributed by atoms with Crippen molar-refractivity contribution in [1.82, 2.24) is 13.9 Å². The molecule has 3 aromatic carbocycles. The molecule has 0 bridgehead atoms. The molecule has 0 spiro atoms. The molecule has 0 unspecified atom stereocenters. The van der Waals surface area contributed by atoms with E-state index in [1.165, 1.54) is 28.2 Å². The Morgan fingerprint density at radius 2 is 1.81 bits per heavy atom. The van der Waals surface area contributed by atoms with Gasteiger partial charge < -0.3 is 14.8 Å². The van der Waals surface area contributed by atoms with Crippen molar-refractivity contribution in [1.29, 1.82) is 0 Å². The van der Waals surface area contributed by atoms with E-state index >= 15 is 0 Å². The van der Waals surface area contributed by atoms with Gasteiger partial charge in [0.25, 0.3) is 0 Å². The Bertz CT molecular complexity index is 1510. The van der Waals surface area contributed by atoms with Crippen LogP contribution in [-0.4, -0.2) is 67.3 Å². The minimum atomic E-state index is -3.66. The summed E-state index contributed by atoms with van der Waals surface area (Å²) in [4.78, 5) is 17.7. The summed E-state index contributed by atoms with van der Waals surface area (Å²) < 4.78 is 39.9. The van der Waals surface area contributed by atoms with Crippen molar-refractivity contribution < 1.29 is 22.7 Å². The van der Waals surface area contributed by atoms with E-state index < -0.39 is 10.0 Å². The third-order valence-corrected chi connectivity index (χ3v) is 8.75. The van der Waals surface area contributed by atoms with Gasteiger partial charge in [-0.05, 0) is 54.6 Å². The summed E-state index contributed by atoms with van der Waals surface area (Å²) in [7, 11) is -2.04. The Morgan fingerprint density at radius 3 is 2.57 bits per heavy atom. The van der Waals surface area contributed by atoms with Crippen LogP contribution in [-0.2, 0) is 19.6 Å². The third-order valence-electron chi connectivity index (χ3n) is 5.92. The molecule has 0 saturated carbocycles. The number of nitrogens with zero attached hydrogens (tertiary/aromatic N) is 3. The summed E-state index contributed by atoms with van der Waals surface area (Å²) >= 11 is 1.31. The zero-order valence-corrected chi connectivity index (χ0v) is 21.8. The first-order valence-electron chi connectivity index (χ1n) is 11.7. The monoisotopic (exact) mass is 538 g/mol. The molecule has 4 aromatic rings. The maximum Gasteiger partial charge on any atom is 0.243 e. The number of aromatic nitrogens is 2. The van der Waals surface area contributed by atoms with Crippen LogP contribution >= 0.6 is 11.8 Å². The minimum Gasteiger partial charge on any atom is -0.497 e. The smallest absolute Gasteiger partial charge is 0.243 e. The lowest BCUT2D eigenvalue weighted by Crippen LogP contribution is -2.40. The molecule has 1 aliphatic heterocycles. The Kier molecular flexibility index (Phi) is 7.47. The summed E-state index contributed by atoms with van der Waals surface area (Å²) in [5.74, 6) is 0.582. The minimum absolute atomic E-state index is 0.0971. The Morgan fingerprint density at radius 1 is 1.05 bits per heavy atom. The number of methoxy groups -OCH3 is 1. The van der Waals surface area contributed by atoms with Gasteiger partial charge in [0.2, 0.25) is 15.9 Å². The Hall–Kier alpha value is -3.38. The van der Waals surface area contributed by atoms with Gasteiger partial charge in [-0.1, -0.05) is 30.0 Å². The summed E-state index contributed by atoms with van der Waals surface area (Å²) in [6.07, 6.45) is 0. The molecular weight excluding hydrogens is 512 g/mol. The Labute approximate surface area is 219 Å². The number of anilines is 1. The fourth-order valence-corrected chi connectivity index (χ4v) is 6.36.